The lowest BCUT2D eigenvalue weighted by Gasteiger charge is -2.02. The van der Waals surface area contributed by atoms with Crippen LogP contribution in [0.3, 0.4) is 0 Å². The number of carboxylic acid groups (broad SMARTS) is 1. The smallest absolute Gasteiger partial charge is 0.420 e. The van der Waals surface area contributed by atoms with Crippen molar-refractivity contribution in [3.63, 3.8) is 0 Å². The molecule has 9 nitrogen and oxygen atoms in total. The summed E-state index contributed by atoms with van der Waals surface area (Å²) in [5.74, 6) is -2.38. The van der Waals surface area contributed by atoms with Crippen LogP contribution in [0.4, 0.5) is 5.13 Å². The normalized spacial score (nSPS) is 10.8. The number of aromatic carboxylic acids is 1. The molecule has 0 bridgehead atoms. The third kappa shape index (κ3) is 2.97. The molecular weight excluding hydrogens is 324 g/mol. The third-order valence-corrected chi connectivity index (χ3v) is 3.74. The van der Waals surface area contributed by atoms with Gasteiger partial charge >= 0.3 is 11.7 Å². The highest BCUT2D eigenvalue weighted by Gasteiger charge is 2.16. The van der Waals surface area contributed by atoms with Crippen LogP contribution in [0.5, 0.6) is 0 Å². The first kappa shape index (κ1) is 14.9. The second-order valence-electron chi connectivity index (χ2n) is 4.62. The van der Waals surface area contributed by atoms with E-state index in [1.807, 2.05) is 0 Å². The summed E-state index contributed by atoms with van der Waals surface area (Å²) in [5.41, 5.74) is 0.435. The van der Waals surface area contributed by atoms with Crippen LogP contribution in [-0.2, 0) is 11.3 Å². The molecule has 2 N–H and O–H groups in total. The lowest BCUT2D eigenvalue weighted by atomic mass is 10.2. The largest absolute Gasteiger partial charge is 0.478 e. The molecule has 0 aliphatic rings. The first-order valence-corrected chi connectivity index (χ1v) is 7.22. The molecule has 0 spiro atoms. The Morgan fingerprint density at radius 2 is 2.17 bits per heavy atom. The van der Waals surface area contributed by atoms with Crippen LogP contribution >= 0.6 is 11.3 Å². The molecule has 0 atom stereocenters. The quantitative estimate of drug-likeness (QED) is 0.731. The highest BCUT2D eigenvalue weighted by Crippen LogP contribution is 2.16. The van der Waals surface area contributed by atoms with Crippen molar-refractivity contribution in [2.24, 2.45) is 0 Å². The maximum Gasteiger partial charge on any atom is 0.420 e. The summed E-state index contributed by atoms with van der Waals surface area (Å²) in [5, 5.41) is 20.1. The van der Waals surface area contributed by atoms with E-state index < -0.39 is 17.6 Å². The van der Waals surface area contributed by atoms with Gasteiger partial charge in [0.15, 0.2) is 5.58 Å². The maximum atomic E-state index is 12.0. The highest BCUT2D eigenvalue weighted by molar-refractivity contribution is 7.15. The van der Waals surface area contributed by atoms with Crippen molar-refractivity contribution in [3.8, 4) is 0 Å². The van der Waals surface area contributed by atoms with Crippen LogP contribution in [0, 0.1) is 6.92 Å². The van der Waals surface area contributed by atoms with E-state index in [2.05, 4.69) is 15.5 Å². The van der Waals surface area contributed by atoms with Crippen LogP contribution in [-0.4, -0.2) is 31.7 Å². The monoisotopic (exact) mass is 334 g/mol. The van der Waals surface area contributed by atoms with Crippen LogP contribution in [0.2, 0.25) is 0 Å². The zero-order chi connectivity index (χ0) is 16.6. The number of carbonyl (C=O) groups excluding carboxylic acids is 1. The predicted molar refractivity (Wildman–Crippen MR) is 80.7 cm³/mol. The molecule has 3 rings (SSSR count). The maximum absolute atomic E-state index is 12.0. The molecule has 0 fully saturated rings. The molecule has 3 aromatic rings. The minimum absolute atomic E-state index is 0.00722. The average molecular weight is 334 g/mol. The van der Waals surface area contributed by atoms with Gasteiger partial charge in [-0.25, -0.2) is 9.59 Å². The number of hydrogen-bond donors (Lipinski definition) is 2. The number of fused-ring (bicyclic) bond motifs is 1. The van der Waals surface area contributed by atoms with Gasteiger partial charge in [-0.05, 0) is 25.1 Å². The van der Waals surface area contributed by atoms with Crippen molar-refractivity contribution < 1.29 is 19.1 Å². The summed E-state index contributed by atoms with van der Waals surface area (Å²) in [7, 11) is 0. The van der Waals surface area contributed by atoms with Gasteiger partial charge in [-0.3, -0.25) is 14.7 Å². The van der Waals surface area contributed by atoms with Gasteiger partial charge < -0.3 is 9.52 Å². The van der Waals surface area contributed by atoms with E-state index >= 15 is 0 Å². The third-order valence-electron chi connectivity index (χ3n) is 2.99. The molecule has 23 heavy (non-hydrogen) atoms. The van der Waals surface area contributed by atoms with Crippen molar-refractivity contribution in [1.82, 2.24) is 14.8 Å². The Hall–Kier alpha value is -3.01. The molecule has 118 valence electrons. The van der Waals surface area contributed by atoms with E-state index in [9.17, 15) is 14.4 Å². The van der Waals surface area contributed by atoms with E-state index in [4.69, 9.17) is 9.52 Å². The fraction of sp³-hybridized carbons (Fsp3) is 0.154. The number of benzene rings is 1. The number of anilines is 1. The number of hydrogen-bond acceptors (Lipinski definition) is 7. The van der Waals surface area contributed by atoms with Crippen LogP contribution < -0.4 is 11.1 Å². The number of oxazole rings is 1. The number of aromatic nitrogens is 3. The standard InChI is InChI=1S/C13H10N4O5S/c1-6-15-16-12(23-6)14-10(18)5-17-8-4-7(11(19)20)2-3-9(8)22-13(17)21/h2-4H,5H2,1H3,(H,19,20)(H,14,16,18). The number of nitrogens with one attached hydrogen (secondary N) is 1. The fourth-order valence-electron chi connectivity index (χ4n) is 1.99. The summed E-state index contributed by atoms with van der Waals surface area (Å²) in [6.07, 6.45) is 0. The van der Waals surface area contributed by atoms with Gasteiger partial charge in [-0.15, -0.1) is 10.2 Å². The summed E-state index contributed by atoms with van der Waals surface area (Å²) in [6.45, 7) is 1.42. The topological polar surface area (TPSA) is 127 Å². The fourth-order valence-corrected chi connectivity index (χ4v) is 2.60. The Morgan fingerprint density at radius 3 is 2.83 bits per heavy atom. The molecule has 0 unspecified atom stereocenters. The zero-order valence-electron chi connectivity index (χ0n) is 11.8. The molecular formula is C13H10N4O5S. The molecule has 10 heteroatoms. The van der Waals surface area contributed by atoms with Gasteiger partial charge in [0, 0.05) is 0 Å². The molecule has 0 aliphatic carbocycles. The molecule has 2 heterocycles. The Kier molecular flexibility index (Phi) is 3.66. The first-order chi connectivity index (χ1) is 10.9. The van der Waals surface area contributed by atoms with Crippen LogP contribution in [0.25, 0.3) is 11.1 Å². The van der Waals surface area contributed by atoms with Crippen LogP contribution in [0.1, 0.15) is 15.4 Å². The Balaban J connectivity index is 1.91. The lowest BCUT2D eigenvalue weighted by Crippen LogP contribution is -2.24. The van der Waals surface area contributed by atoms with E-state index in [0.29, 0.717) is 10.1 Å². The van der Waals surface area contributed by atoms with E-state index in [-0.39, 0.29) is 23.2 Å². The second kappa shape index (κ2) is 5.65. The molecule has 1 aromatic carbocycles. The average Bonchev–Trinajstić information content (AvgIpc) is 3.02. The van der Waals surface area contributed by atoms with Gasteiger partial charge in [0.25, 0.3) is 0 Å². The van der Waals surface area contributed by atoms with Crippen LogP contribution in [0.15, 0.2) is 27.4 Å². The number of aryl methyl sites for hydroxylation is 1. The predicted octanol–water partition coefficient (Wildman–Crippen LogP) is 1.09. The second-order valence-corrected chi connectivity index (χ2v) is 5.80. The van der Waals surface area contributed by atoms with Crippen molar-refractivity contribution in [2.45, 2.75) is 13.5 Å². The number of amides is 1. The van der Waals surface area contributed by atoms with Gasteiger partial charge in [0.1, 0.15) is 11.6 Å². The Morgan fingerprint density at radius 1 is 1.39 bits per heavy atom. The number of rotatable bonds is 4. The molecule has 1 amide bonds. The number of nitrogens with zero attached hydrogens (tertiary/aromatic N) is 3. The Bertz CT molecular complexity index is 970. The van der Waals surface area contributed by atoms with Crippen molar-refractivity contribution in [1.29, 1.82) is 0 Å². The SMILES string of the molecule is Cc1nnc(NC(=O)Cn2c(=O)oc3ccc(C(=O)O)cc32)s1. The Labute approximate surface area is 132 Å². The molecule has 0 aliphatic heterocycles. The highest BCUT2D eigenvalue weighted by atomic mass is 32.1. The van der Waals surface area contributed by atoms with Gasteiger partial charge in [0.2, 0.25) is 11.0 Å². The van der Waals surface area contributed by atoms with E-state index in [0.717, 1.165) is 4.57 Å². The zero-order valence-corrected chi connectivity index (χ0v) is 12.6. The van der Waals surface area contributed by atoms with Crippen molar-refractivity contribution >= 4 is 39.4 Å². The van der Waals surface area contributed by atoms with E-state index in [1.54, 1.807) is 6.92 Å². The lowest BCUT2D eigenvalue weighted by molar-refractivity contribution is -0.116. The summed E-state index contributed by atoms with van der Waals surface area (Å²) in [4.78, 5) is 34.9. The summed E-state index contributed by atoms with van der Waals surface area (Å²) in [6, 6.07) is 3.98. The van der Waals surface area contributed by atoms with Gasteiger partial charge in [0.05, 0.1) is 11.1 Å². The minimum Gasteiger partial charge on any atom is -0.478 e. The summed E-state index contributed by atoms with van der Waals surface area (Å²) >= 11 is 1.20. The molecule has 0 saturated carbocycles. The molecule has 0 radical (unpaired) electrons. The molecule has 2 aromatic heterocycles. The van der Waals surface area contributed by atoms with Gasteiger partial charge in [-0.1, -0.05) is 11.3 Å². The van der Waals surface area contributed by atoms with Gasteiger partial charge in [-0.2, -0.15) is 0 Å². The minimum atomic E-state index is -1.14. The number of carbonyl (C=O) groups is 2. The van der Waals surface area contributed by atoms with Crippen molar-refractivity contribution in [3.05, 3.63) is 39.3 Å². The van der Waals surface area contributed by atoms with Crippen molar-refractivity contribution in [2.75, 3.05) is 5.32 Å². The molecule has 0 saturated heterocycles. The summed E-state index contributed by atoms with van der Waals surface area (Å²) < 4.78 is 6.06. The first-order valence-electron chi connectivity index (χ1n) is 6.40. The number of carboxylic acids is 1. The van der Waals surface area contributed by atoms with E-state index in [1.165, 1.54) is 29.5 Å².